The zero-order chi connectivity index (χ0) is 64.4. The number of carbonyl (C=O) groups is 1. The van der Waals surface area contributed by atoms with Crippen LogP contribution >= 0.6 is 15.6 Å². The van der Waals surface area contributed by atoms with Gasteiger partial charge in [0.1, 0.15) is 48.8 Å². The van der Waals surface area contributed by atoms with Gasteiger partial charge in [-0.05, 0) is 57.8 Å². The van der Waals surface area contributed by atoms with Crippen molar-refractivity contribution in [2.45, 2.75) is 358 Å². The van der Waals surface area contributed by atoms with Crippen LogP contribution in [0.25, 0.3) is 0 Å². The first-order valence-corrected chi connectivity index (χ1v) is 38.4. The highest BCUT2D eigenvalue weighted by Gasteiger charge is 2.52. The first-order valence-electron chi connectivity index (χ1n) is 35.3. The van der Waals surface area contributed by atoms with Crippen LogP contribution in [0.4, 0.5) is 0 Å². The number of rotatable bonds is 61. The molecule has 22 heteroatoms. The third kappa shape index (κ3) is 42.4. The molecule has 8 N–H and O–H groups in total. The van der Waals surface area contributed by atoms with Crippen molar-refractivity contribution in [1.82, 2.24) is 5.32 Å². The highest BCUT2D eigenvalue weighted by Crippen LogP contribution is 2.43. The molecule has 2 saturated heterocycles. The lowest BCUT2D eigenvalue weighted by Crippen LogP contribution is -2.66. The molecule has 0 spiro atoms. The van der Waals surface area contributed by atoms with Crippen molar-refractivity contribution >= 4 is 21.6 Å². The average molecular weight is 1300 g/mol. The van der Waals surface area contributed by atoms with Gasteiger partial charge in [0.05, 0.1) is 32.5 Å². The molecule has 11 atom stereocenters. The molecule has 1 amide bonds. The fraction of sp³-hybridized carbons (Fsp3) is 0.955. The molecule has 0 saturated carbocycles. The van der Waals surface area contributed by atoms with E-state index in [1.54, 1.807) is 0 Å². The predicted molar refractivity (Wildman–Crippen MR) is 346 cm³/mol. The van der Waals surface area contributed by atoms with Crippen molar-refractivity contribution in [3.63, 3.8) is 0 Å². The summed E-state index contributed by atoms with van der Waals surface area (Å²) in [6.45, 7) is 7.18. The Bertz CT molecular complexity index is 1750. The summed E-state index contributed by atoms with van der Waals surface area (Å²) in [4.78, 5) is 53.4. The van der Waals surface area contributed by atoms with Crippen LogP contribution in [0.2, 0.25) is 0 Å². The van der Waals surface area contributed by atoms with Crippen molar-refractivity contribution in [1.29, 1.82) is 0 Å². The van der Waals surface area contributed by atoms with Crippen molar-refractivity contribution in [3.05, 3.63) is 12.2 Å². The summed E-state index contributed by atoms with van der Waals surface area (Å²) in [6, 6.07) is -1.31. The molecule has 0 bridgehead atoms. The highest BCUT2D eigenvalue weighted by atomic mass is 31.2. The largest absolute Gasteiger partial charge is 0.470 e. The Kier molecular flexibility index (Phi) is 51.3. The summed E-state index contributed by atoms with van der Waals surface area (Å²) < 4.78 is 79.0. The lowest BCUT2D eigenvalue weighted by molar-refractivity contribution is -0.331. The normalized spacial score (nSPS) is 23.1. The van der Waals surface area contributed by atoms with Crippen LogP contribution in [0, 0.1) is 0 Å². The van der Waals surface area contributed by atoms with Gasteiger partial charge in [0.25, 0.3) is 0 Å². The van der Waals surface area contributed by atoms with Crippen molar-refractivity contribution < 1.29 is 91.0 Å². The van der Waals surface area contributed by atoms with Crippen LogP contribution in [0.1, 0.15) is 291 Å². The number of hydrogen-bond donors (Lipinski definition) is 8. The van der Waals surface area contributed by atoms with Crippen LogP contribution < -0.4 is 5.32 Å². The van der Waals surface area contributed by atoms with Crippen molar-refractivity contribution in [3.8, 4) is 0 Å². The van der Waals surface area contributed by atoms with Crippen molar-refractivity contribution in [2.75, 3.05) is 46.2 Å². The van der Waals surface area contributed by atoms with Gasteiger partial charge in [-0.1, -0.05) is 239 Å². The van der Waals surface area contributed by atoms with Crippen LogP contribution in [-0.4, -0.2) is 155 Å². The van der Waals surface area contributed by atoms with E-state index in [1.807, 2.05) is 0 Å². The van der Waals surface area contributed by atoms with Crippen LogP contribution in [-0.2, 0) is 56.1 Å². The lowest BCUT2D eigenvalue weighted by atomic mass is 9.95. The van der Waals surface area contributed by atoms with Gasteiger partial charge < -0.3 is 73.4 Å². The smallest absolute Gasteiger partial charge is 0.394 e. The predicted octanol–water partition coefficient (Wildman–Crippen LogP) is 14.0. The fourth-order valence-corrected chi connectivity index (χ4v) is 12.5. The summed E-state index contributed by atoms with van der Waals surface area (Å²) >= 11 is 0. The molecule has 2 aliphatic rings. The van der Waals surface area contributed by atoms with Gasteiger partial charge in [0.15, 0.2) is 12.6 Å². The quantitative estimate of drug-likeness (QED) is 0.0159. The van der Waals surface area contributed by atoms with E-state index < -0.39 is 109 Å². The van der Waals surface area contributed by atoms with Crippen LogP contribution in [0.5, 0.6) is 0 Å². The van der Waals surface area contributed by atoms with E-state index in [0.29, 0.717) is 25.9 Å². The standard InChI is InChI=1S/C66H129NO19P2/c1-5-9-13-17-20-23-26-27-28-29-30-31-34-38-42-46-58(70)67-59-62(80-50-47-55(69)45-41-37-16-12-8-4)61(86-88(75,76)77)56(53-68)84-65(59)82-54-57-60(71)63(78-48-43-39-35-32-24-21-18-14-10-6-2)64(66(85-57)81-51-52-83-87(72,73)74)79-49-44-40-36-33-25-22-19-15-11-7-3/h27-28,55-57,59-66,68-69,71H,5-26,29-54H2,1-4H3,(H,67,70)(H2,72,73,74)(H2,75,76,77)/b28-27+/t55-,56-,57-,59-,60-,61-,62-,63+,64-,65-,66+/m1/s1. The summed E-state index contributed by atoms with van der Waals surface area (Å²) in [5, 5.41) is 37.0. The Morgan fingerprint density at radius 2 is 0.909 bits per heavy atom. The second kappa shape index (κ2) is 54.3. The summed E-state index contributed by atoms with van der Waals surface area (Å²) in [6.07, 6.45) is 34.1. The zero-order valence-electron chi connectivity index (χ0n) is 55.4. The number of allylic oxidation sites excluding steroid dienone is 2. The van der Waals surface area contributed by atoms with Gasteiger partial charge in [-0.25, -0.2) is 9.13 Å². The molecule has 88 heavy (non-hydrogen) atoms. The minimum atomic E-state index is -5.28. The molecule has 0 aromatic rings. The number of carbonyl (C=O) groups excluding carboxylic acids is 1. The maximum Gasteiger partial charge on any atom is 0.470 e. The summed E-state index contributed by atoms with van der Waals surface area (Å²) in [7, 11) is -10.1. The van der Waals surface area contributed by atoms with E-state index in [4.69, 9.17) is 42.2 Å². The number of unbranched alkanes of at least 4 members (excludes halogenated alkanes) is 33. The number of amides is 1. The van der Waals surface area contributed by atoms with E-state index in [9.17, 15) is 48.8 Å². The maximum atomic E-state index is 14.0. The molecule has 0 radical (unpaired) electrons. The number of aliphatic hydroxyl groups excluding tert-OH is 3. The van der Waals surface area contributed by atoms with E-state index in [-0.39, 0.29) is 32.7 Å². The molecule has 0 unspecified atom stereocenters. The van der Waals surface area contributed by atoms with Crippen LogP contribution in [0.3, 0.4) is 0 Å². The van der Waals surface area contributed by atoms with Gasteiger partial charge in [-0.15, -0.1) is 0 Å². The number of nitrogens with one attached hydrogen (secondary N) is 1. The van der Waals surface area contributed by atoms with E-state index in [2.05, 4.69) is 45.2 Å². The molecule has 2 rings (SSSR count). The number of aliphatic hydroxyl groups is 3. The Labute approximate surface area is 532 Å². The zero-order valence-corrected chi connectivity index (χ0v) is 57.2. The second-order valence-electron chi connectivity index (χ2n) is 24.8. The van der Waals surface area contributed by atoms with Crippen molar-refractivity contribution in [2.24, 2.45) is 0 Å². The molecule has 2 heterocycles. The first kappa shape index (κ1) is 83.1. The van der Waals surface area contributed by atoms with Gasteiger partial charge in [0, 0.05) is 26.2 Å². The molecule has 20 nitrogen and oxygen atoms in total. The second-order valence-corrected chi connectivity index (χ2v) is 27.2. The van der Waals surface area contributed by atoms with E-state index in [0.717, 1.165) is 116 Å². The Balaban J connectivity index is 2.40. The first-order chi connectivity index (χ1) is 42.6. The third-order valence-electron chi connectivity index (χ3n) is 16.8. The maximum absolute atomic E-state index is 14.0. The van der Waals surface area contributed by atoms with E-state index >= 15 is 0 Å². The Hall–Kier alpha value is -0.970. The molecule has 0 aliphatic carbocycles. The van der Waals surface area contributed by atoms with Gasteiger partial charge in [-0.2, -0.15) is 0 Å². The van der Waals surface area contributed by atoms with Gasteiger partial charge in [-0.3, -0.25) is 13.8 Å². The lowest BCUT2D eigenvalue weighted by Gasteiger charge is -2.47. The summed E-state index contributed by atoms with van der Waals surface area (Å²) in [5.41, 5.74) is 0. The molecular weight excluding hydrogens is 1170 g/mol. The van der Waals surface area contributed by atoms with E-state index in [1.165, 1.54) is 116 Å². The molecule has 522 valence electrons. The highest BCUT2D eigenvalue weighted by molar-refractivity contribution is 7.46. The average Bonchev–Trinajstić information content (AvgIpc) is 3.51. The topological polar surface area (TPSA) is 288 Å². The molecular formula is C66H129NO19P2. The minimum Gasteiger partial charge on any atom is -0.394 e. The number of phosphoric ester groups is 2. The molecule has 0 aromatic carbocycles. The number of ether oxygens (including phenoxy) is 7. The Morgan fingerprint density at radius 1 is 0.466 bits per heavy atom. The fourth-order valence-electron chi connectivity index (χ4n) is 11.6. The molecule has 0 aromatic heterocycles. The Morgan fingerprint density at radius 3 is 1.40 bits per heavy atom. The third-order valence-corrected chi connectivity index (χ3v) is 17.8. The molecule has 2 fully saturated rings. The SMILES string of the molecule is CCCCCCCC/C=C/CCCCCCCC(=O)N[C@H]1[C@H](OC[C@H]2O[C@H](OCCOP(=O)(O)O)[C@H](OCCCCCCCCCCCC)[C@@H](OCCCCCCCCCCCC)[C@@H]2O)O[C@H](CO)[C@@H](OP(=O)(O)O)[C@@H]1OCC[C@H](O)CCCCCCC. The molecule has 2 aliphatic heterocycles. The van der Waals surface area contributed by atoms with Crippen LogP contribution in [0.15, 0.2) is 12.2 Å². The minimum absolute atomic E-state index is 0.103. The summed E-state index contributed by atoms with van der Waals surface area (Å²) in [5.74, 6) is -0.416. The number of phosphoric acid groups is 2. The van der Waals surface area contributed by atoms with Gasteiger partial charge in [0.2, 0.25) is 5.91 Å². The monoisotopic (exact) mass is 1300 g/mol. The van der Waals surface area contributed by atoms with Gasteiger partial charge >= 0.3 is 15.6 Å². The number of hydrogen-bond acceptors (Lipinski definition) is 15.